The second kappa shape index (κ2) is 10.8. The summed E-state index contributed by atoms with van der Waals surface area (Å²) in [6, 6.07) is 64.5. The minimum absolute atomic E-state index is 1.13. The fourth-order valence-corrected chi connectivity index (χ4v) is 8.69. The SMILES string of the molecule is c1ccc(-c2ccc(N(c3ccc4ccc5c6ccccc6ccc5c4c3)c3cccc4c3sc3cc5ccccc5cc34)cc2)cc1. The highest BCUT2D eigenvalue weighted by Crippen LogP contribution is 2.46. The van der Waals surface area contributed by atoms with Crippen LogP contribution in [0.15, 0.2) is 176 Å². The van der Waals surface area contributed by atoms with E-state index < -0.39 is 0 Å². The Morgan fingerprint density at radius 2 is 0.938 bits per heavy atom. The maximum atomic E-state index is 2.45. The Balaban J connectivity index is 1.22. The Kier molecular flexibility index (Phi) is 6.12. The zero-order valence-electron chi connectivity index (χ0n) is 26.1. The first-order valence-corrected chi connectivity index (χ1v) is 17.2. The zero-order chi connectivity index (χ0) is 31.6. The van der Waals surface area contributed by atoms with E-state index in [1.54, 1.807) is 0 Å². The van der Waals surface area contributed by atoms with E-state index in [0.29, 0.717) is 0 Å². The minimum Gasteiger partial charge on any atom is -0.309 e. The maximum Gasteiger partial charge on any atom is 0.0640 e. The van der Waals surface area contributed by atoms with E-state index in [1.807, 2.05) is 11.3 Å². The molecule has 0 atom stereocenters. The van der Waals surface area contributed by atoms with Gasteiger partial charge in [-0.25, -0.2) is 0 Å². The second-order valence-corrected chi connectivity index (χ2v) is 13.6. The molecule has 1 aromatic heterocycles. The van der Waals surface area contributed by atoms with E-state index in [-0.39, 0.29) is 0 Å². The van der Waals surface area contributed by atoms with Crippen LogP contribution in [0.2, 0.25) is 0 Å². The Bertz CT molecular complexity index is 2830. The van der Waals surface area contributed by atoms with Gasteiger partial charge in [0.25, 0.3) is 0 Å². The number of hydrogen-bond donors (Lipinski definition) is 0. The average molecular weight is 628 g/mol. The van der Waals surface area contributed by atoms with Crippen molar-refractivity contribution in [1.29, 1.82) is 0 Å². The summed E-state index contributed by atoms with van der Waals surface area (Å²) >= 11 is 1.89. The minimum atomic E-state index is 1.13. The first kappa shape index (κ1) is 27.2. The Labute approximate surface area is 282 Å². The Morgan fingerprint density at radius 3 is 1.75 bits per heavy atom. The van der Waals surface area contributed by atoms with Gasteiger partial charge in [-0.1, -0.05) is 133 Å². The predicted molar refractivity (Wildman–Crippen MR) is 209 cm³/mol. The Morgan fingerprint density at radius 1 is 0.333 bits per heavy atom. The van der Waals surface area contributed by atoms with Gasteiger partial charge in [0.15, 0.2) is 0 Å². The van der Waals surface area contributed by atoms with E-state index >= 15 is 0 Å². The highest BCUT2D eigenvalue weighted by molar-refractivity contribution is 7.26. The molecule has 0 spiro atoms. The van der Waals surface area contributed by atoms with Crippen LogP contribution in [0.25, 0.3) is 74.4 Å². The molecular weight excluding hydrogens is 599 g/mol. The van der Waals surface area contributed by atoms with Crippen molar-refractivity contribution in [3.05, 3.63) is 176 Å². The molecule has 0 N–H and O–H groups in total. The fourth-order valence-electron chi connectivity index (χ4n) is 7.45. The van der Waals surface area contributed by atoms with Crippen LogP contribution < -0.4 is 4.90 Å². The van der Waals surface area contributed by atoms with Gasteiger partial charge in [-0.2, -0.15) is 0 Å². The highest BCUT2D eigenvalue weighted by Gasteiger charge is 2.19. The number of hydrogen-bond acceptors (Lipinski definition) is 2. The first-order chi connectivity index (χ1) is 23.8. The molecule has 10 aromatic rings. The van der Waals surface area contributed by atoms with Gasteiger partial charge < -0.3 is 4.90 Å². The summed E-state index contributed by atoms with van der Waals surface area (Å²) in [5.41, 5.74) is 5.90. The lowest BCUT2D eigenvalue weighted by Crippen LogP contribution is -2.10. The smallest absolute Gasteiger partial charge is 0.0640 e. The molecule has 0 saturated carbocycles. The van der Waals surface area contributed by atoms with Crippen molar-refractivity contribution in [3.63, 3.8) is 0 Å². The molecule has 1 nitrogen and oxygen atoms in total. The van der Waals surface area contributed by atoms with Crippen molar-refractivity contribution < 1.29 is 0 Å². The van der Waals surface area contributed by atoms with Gasteiger partial charge in [0.1, 0.15) is 0 Å². The van der Waals surface area contributed by atoms with Gasteiger partial charge in [0.05, 0.1) is 10.4 Å². The van der Waals surface area contributed by atoms with Crippen LogP contribution in [-0.2, 0) is 0 Å². The fraction of sp³-hybridized carbons (Fsp3) is 0. The summed E-state index contributed by atoms with van der Waals surface area (Å²) in [4.78, 5) is 2.45. The van der Waals surface area contributed by atoms with E-state index in [2.05, 4.69) is 181 Å². The molecule has 0 fully saturated rings. The molecule has 0 radical (unpaired) electrons. The second-order valence-electron chi connectivity index (χ2n) is 12.6. The molecule has 0 aliphatic heterocycles. The van der Waals surface area contributed by atoms with Crippen LogP contribution in [-0.4, -0.2) is 0 Å². The largest absolute Gasteiger partial charge is 0.309 e. The summed E-state index contributed by atoms with van der Waals surface area (Å²) in [5, 5.41) is 12.8. The number of thiophene rings is 1. The third kappa shape index (κ3) is 4.31. The third-order valence-corrected chi connectivity index (χ3v) is 11.0. The van der Waals surface area contributed by atoms with E-state index in [1.165, 1.54) is 80.1 Å². The van der Waals surface area contributed by atoms with Gasteiger partial charge >= 0.3 is 0 Å². The lowest BCUT2D eigenvalue weighted by molar-refractivity contribution is 1.31. The molecule has 0 aliphatic rings. The molecule has 0 amide bonds. The predicted octanol–water partition coefficient (Wildman–Crippen LogP) is 13.8. The molecule has 0 saturated heterocycles. The van der Waals surface area contributed by atoms with Crippen LogP contribution in [0.3, 0.4) is 0 Å². The normalized spacial score (nSPS) is 11.8. The van der Waals surface area contributed by atoms with Gasteiger partial charge in [0.2, 0.25) is 0 Å². The van der Waals surface area contributed by atoms with Crippen molar-refractivity contribution in [2.24, 2.45) is 0 Å². The van der Waals surface area contributed by atoms with Crippen LogP contribution in [0.5, 0.6) is 0 Å². The van der Waals surface area contributed by atoms with Gasteiger partial charge in [-0.3, -0.25) is 0 Å². The topological polar surface area (TPSA) is 3.24 Å². The average Bonchev–Trinajstić information content (AvgIpc) is 3.52. The molecule has 0 unspecified atom stereocenters. The molecule has 10 rings (SSSR count). The van der Waals surface area contributed by atoms with Crippen molar-refractivity contribution >= 4 is 91.7 Å². The lowest BCUT2D eigenvalue weighted by Gasteiger charge is -2.27. The van der Waals surface area contributed by atoms with Gasteiger partial charge in [-0.05, 0) is 96.7 Å². The molecule has 0 bridgehead atoms. The van der Waals surface area contributed by atoms with Crippen molar-refractivity contribution in [1.82, 2.24) is 0 Å². The van der Waals surface area contributed by atoms with Crippen molar-refractivity contribution in [3.8, 4) is 11.1 Å². The first-order valence-electron chi connectivity index (χ1n) is 16.4. The maximum absolute atomic E-state index is 2.45. The number of anilines is 3. The van der Waals surface area contributed by atoms with Crippen LogP contribution in [0, 0.1) is 0 Å². The van der Waals surface area contributed by atoms with Gasteiger partial charge in [-0.15, -0.1) is 11.3 Å². The van der Waals surface area contributed by atoms with Crippen molar-refractivity contribution in [2.45, 2.75) is 0 Å². The summed E-state index contributed by atoms with van der Waals surface area (Å²) in [5.74, 6) is 0. The lowest BCUT2D eigenvalue weighted by atomic mass is 9.96. The molecule has 2 heteroatoms. The molecule has 9 aromatic carbocycles. The van der Waals surface area contributed by atoms with E-state index in [9.17, 15) is 0 Å². The standard InChI is InChI=1S/C46H29NS/c1-2-9-30(10-3-1)31-17-22-36(23-18-31)47(44-16-8-15-41-43-27-34-12-4-5-13-35(34)28-45(43)48-46(41)44)37-24-19-33-21-25-39-38-14-7-6-11-32(38)20-26-40(39)42(33)29-37/h1-29H. The monoisotopic (exact) mass is 627 g/mol. The summed E-state index contributed by atoms with van der Waals surface area (Å²) < 4.78 is 2.60. The number of benzene rings is 9. The summed E-state index contributed by atoms with van der Waals surface area (Å²) in [6.07, 6.45) is 0. The molecule has 1 heterocycles. The molecule has 0 aliphatic carbocycles. The zero-order valence-corrected chi connectivity index (χ0v) is 26.9. The van der Waals surface area contributed by atoms with E-state index in [0.717, 1.165) is 11.4 Å². The Hall–Kier alpha value is -5.96. The van der Waals surface area contributed by atoms with Crippen LogP contribution in [0.4, 0.5) is 17.1 Å². The van der Waals surface area contributed by atoms with Crippen molar-refractivity contribution in [2.75, 3.05) is 4.90 Å². The van der Waals surface area contributed by atoms with Gasteiger partial charge in [0, 0.05) is 26.8 Å². The third-order valence-electron chi connectivity index (χ3n) is 9.80. The van der Waals surface area contributed by atoms with E-state index in [4.69, 9.17) is 0 Å². The number of fused-ring (bicyclic) bond motifs is 9. The molecule has 224 valence electrons. The van der Waals surface area contributed by atoms with Crippen LogP contribution in [0.1, 0.15) is 0 Å². The summed E-state index contributed by atoms with van der Waals surface area (Å²) in [6.45, 7) is 0. The molecular formula is C46H29NS. The number of nitrogens with zero attached hydrogens (tertiary/aromatic N) is 1. The highest BCUT2D eigenvalue weighted by atomic mass is 32.1. The van der Waals surface area contributed by atoms with Crippen LogP contribution >= 0.6 is 11.3 Å². The molecule has 48 heavy (non-hydrogen) atoms. The quantitative estimate of drug-likeness (QED) is 0.176. The summed E-state index contributed by atoms with van der Waals surface area (Å²) in [7, 11) is 0. The number of rotatable bonds is 4.